The molecular formula is C20H30N4O4. The quantitative estimate of drug-likeness (QED) is 0.843. The largest absolute Gasteiger partial charge is 0.378 e. The van der Waals surface area contributed by atoms with Gasteiger partial charge in [-0.15, -0.1) is 0 Å². The standard InChI is InChI=1S/C20H30N4O4/c25-18(13-16-3-1-2-10-28-16)23-6-4-15(5-7-23)19-17(14-21-22-19)20(26)24-8-11-27-12-9-24/h14-16H,1-13H2,(H,21,22). The molecule has 3 saturated heterocycles. The van der Waals surface area contributed by atoms with Gasteiger partial charge in [-0.3, -0.25) is 14.7 Å². The van der Waals surface area contributed by atoms with E-state index in [4.69, 9.17) is 9.47 Å². The van der Waals surface area contributed by atoms with Crippen molar-refractivity contribution in [3.8, 4) is 0 Å². The predicted octanol–water partition coefficient (Wildman–Crippen LogP) is 1.55. The maximum Gasteiger partial charge on any atom is 0.257 e. The Morgan fingerprint density at radius 1 is 1.04 bits per heavy atom. The molecule has 0 spiro atoms. The number of morpholine rings is 1. The molecule has 8 heteroatoms. The highest BCUT2D eigenvalue weighted by molar-refractivity contribution is 5.95. The van der Waals surface area contributed by atoms with Crippen LogP contribution in [0.2, 0.25) is 0 Å². The van der Waals surface area contributed by atoms with Crippen LogP contribution in [0.15, 0.2) is 6.20 Å². The second-order valence-corrected chi connectivity index (χ2v) is 7.95. The van der Waals surface area contributed by atoms with Gasteiger partial charge in [-0.1, -0.05) is 0 Å². The lowest BCUT2D eigenvalue weighted by atomic mass is 9.90. The van der Waals surface area contributed by atoms with E-state index in [9.17, 15) is 9.59 Å². The van der Waals surface area contributed by atoms with Crippen molar-refractivity contribution in [2.24, 2.45) is 0 Å². The molecule has 8 nitrogen and oxygen atoms in total. The Labute approximate surface area is 165 Å². The van der Waals surface area contributed by atoms with Crippen LogP contribution in [-0.2, 0) is 14.3 Å². The number of nitrogens with zero attached hydrogens (tertiary/aromatic N) is 3. The maximum absolute atomic E-state index is 12.9. The normalized spacial score (nSPS) is 24.4. The summed E-state index contributed by atoms with van der Waals surface area (Å²) >= 11 is 0. The van der Waals surface area contributed by atoms with Gasteiger partial charge in [0.1, 0.15) is 0 Å². The summed E-state index contributed by atoms with van der Waals surface area (Å²) in [7, 11) is 0. The molecular weight excluding hydrogens is 360 g/mol. The van der Waals surface area contributed by atoms with Crippen LogP contribution in [-0.4, -0.2) is 83.9 Å². The zero-order chi connectivity index (χ0) is 19.3. The summed E-state index contributed by atoms with van der Waals surface area (Å²) in [4.78, 5) is 29.2. The zero-order valence-electron chi connectivity index (χ0n) is 16.4. The van der Waals surface area contributed by atoms with Crippen LogP contribution in [0.5, 0.6) is 0 Å². The first kappa shape index (κ1) is 19.4. The van der Waals surface area contributed by atoms with Gasteiger partial charge in [-0.25, -0.2) is 0 Å². The molecule has 1 unspecified atom stereocenters. The van der Waals surface area contributed by atoms with Crippen molar-refractivity contribution >= 4 is 11.8 Å². The van der Waals surface area contributed by atoms with Crippen molar-refractivity contribution in [1.29, 1.82) is 0 Å². The molecule has 3 aliphatic heterocycles. The molecule has 1 N–H and O–H groups in total. The van der Waals surface area contributed by atoms with Gasteiger partial charge in [0, 0.05) is 38.7 Å². The number of aromatic amines is 1. The summed E-state index contributed by atoms with van der Waals surface area (Å²) in [5.74, 6) is 0.456. The molecule has 0 bridgehead atoms. The number of ether oxygens (including phenoxy) is 2. The Balaban J connectivity index is 1.32. The van der Waals surface area contributed by atoms with Crippen molar-refractivity contribution in [1.82, 2.24) is 20.0 Å². The minimum absolute atomic E-state index is 0.0278. The average molecular weight is 390 g/mol. The maximum atomic E-state index is 12.9. The van der Waals surface area contributed by atoms with Gasteiger partial charge in [0.2, 0.25) is 5.91 Å². The monoisotopic (exact) mass is 390 g/mol. The van der Waals surface area contributed by atoms with Crippen LogP contribution >= 0.6 is 0 Å². The van der Waals surface area contributed by atoms with Gasteiger partial charge in [0.15, 0.2) is 0 Å². The average Bonchev–Trinajstić information content (AvgIpc) is 3.24. The van der Waals surface area contributed by atoms with Gasteiger partial charge in [0.25, 0.3) is 5.91 Å². The molecule has 2 amide bonds. The second-order valence-electron chi connectivity index (χ2n) is 7.95. The fraction of sp³-hybridized carbons (Fsp3) is 0.750. The summed E-state index contributed by atoms with van der Waals surface area (Å²) in [5.41, 5.74) is 1.58. The van der Waals surface area contributed by atoms with E-state index in [-0.39, 0.29) is 23.8 Å². The fourth-order valence-corrected chi connectivity index (χ4v) is 4.42. The number of carbonyl (C=O) groups is 2. The van der Waals surface area contributed by atoms with Crippen LogP contribution in [0.3, 0.4) is 0 Å². The number of hydrogen-bond acceptors (Lipinski definition) is 5. The van der Waals surface area contributed by atoms with E-state index in [2.05, 4.69) is 10.2 Å². The first-order chi connectivity index (χ1) is 13.7. The minimum Gasteiger partial charge on any atom is -0.378 e. The van der Waals surface area contributed by atoms with Gasteiger partial charge < -0.3 is 19.3 Å². The molecule has 0 radical (unpaired) electrons. The molecule has 3 aliphatic rings. The van der Waals surface area contributed by atoms with Crippen molar-refractivity contribution in [3.05, 3.63) is 17.5 Å². The summed E-state index contributed by atoms with van der Waals surface area (Å²) < 4.78 is 11.0. The van der Waals surface area contributed by atoms with Crippen LogP contribution < -0.4 is 0 Å². The molecule has 4 rings (SSSR count). The predicted molar refractivity (Wildman–Crippen MR) is 102 cm³/mol. The zero-order valence-corrected chi connectivity index (χ0v) is 16.4. The molecule has 3 fully saturated rings. The number of carbonyl (C=O) groups excluding carboxylic acids is 2. The summed E-state index contributed by atoms with van der Waals surface area (Å²) in [6.07, 6.45) is 7.17. The van der Waals surface area contributed by atoms with Gasteiger partial charge in [-0.2, -0.15) is 5.10 Å². The summed E-state index contributed by atoms with van der Waals surface area (Å²) in [6, 6.07) is 0. The minimum atomic E-state index is 0.0278. The van der Waals surface area contributed by atoms with E-state index in [1.54, 1.807) is 6.20 Å². The van der Waals surface area contributed by atoms with Gasteiger partial charge in [-0.05, 0) is 32.1 Å². The number of likely N-dealkylation sites (tertiary alicyclic amines) is 1. The molecule has 0 saturated carbocycles. The molecule has 1 atom stereocenters. The van der Waals surface area contributed by atoms with Gasteiger partial charge in [0.05, 0.1) is 43.2 Å². The molecule has 0 aromatic carbocycles. The van der Waals surface area contributed by atoms with E-state index in [0.29, 0.717) is 38.3 Å². The third-order valence-corrected chi connectivity index (χ3v) is 6.13. The lowest BCUT2D eigenvalue weighted by Gasteiger charge is -2.33. The number of amides is 2. The van der Waals surface area contributed by atoms with Crippen molar-refractivity contribution in [3.63, 3.8) is 0 Å². The third-order valence-electron chi connectivity index (χ3n) is 6.13. The van der Waals surface area contributed by atoms with Crippen LogP contribution in [0, 0.1) is 0 Å². The number of H-pyrrole nitrogens is 1. The molecule has 4 heterocycles. The molecule has 0 aliphatic carbocycles. The Hall–Kier alpha value is -1.93. The van der Waals surface area contributed by atoms with E-state index < -0.39 is 0 Å². The van der Waals surface area contributed by atoms with Crippen LogP contribution in [0.1, 0.15) is 60.5 Å². The highest BCUT2D eigenvalue weighted by Crippen LogP contribution is 2.30. The van der Waals surface area contributed by atoms with E-state index in [1.165, 1.54) is 0 Å². The Morgan fingerprint density at radius 2 is 1.82 bits per heavy atom. The number of aromatic nitrogens is 2. The van der Waals surface area contributed by atoms with Crippen LogP contribution in [0.25, 0.3) is 0 Å². The van der Waals surface area contributed by atoms with Crippen molar-refractivity contribution in [2.45, 2.75) is 50.5 Å². The van der Waals surface area contributed by atoms with E-state index in [1.807, 2.05) is 9.80 Å². The summed E-state index contributed by atoms with van der Waals surface area (Å²) in [5, 5.41) is 7.20. The molecule has 28 heavy (non-hydrogen) atoms. The number of hydrogen-bond donors (Lipinski definition) is 1. The van der Waals surface area contributed by atoms with E-state index >= 15 is 0 Å². The third kappa shape index (κ3) is 4.38. The Bertz CT molecular complexity index is 672. The Morgan fingerprint density at radius 3 is 2.54 bits per heavy atom. The highest BCUT2D eigenvalue weighted by Gasteiger charge is 2.31. The molecule has 1 aromatic heterocycles. The van der Waals surface area contributed by atoms with Gasteiger partial charge >= 0.3 is 0 Å². The SMILES string of the molecule is O=C(CC1CCCCO1)N1CCC(c2[nH]ncc2C(=O)N2CCOCC2)CC1. The van der Waals surface area contributed by atoms with Crippen molar-refractivity contribution in [2.75, 3.05) is 46.0 Å². The first-order valence-corrected chi connectivity index (χ1v) is 10.5. The molecule has 154 valence electrons. The first-order valence-electron chi connectivity index (χ1n) is 10.5. The smallest absolute Gasteiger partial charge is 0.257 e. The van der Waals surface area contributed by atoms with E-state index in [0.717, 1.165) is 57.5 Å². The number of piperidine rings is 1. The topological polar surface area (TPSA) is 87.8 Å². The van der Waals surface area contributed by atoms with Crippen molar-refractivity contribution < 1.29 is 19.1 Å². The second kappa shape index (κ2) is 9.05. The number of rotatable bonds is 4. The fourth-order valence-electron chi connectivity index (χ4n) is 4.42. The lowest BCUT2D eigenvalue weighted by molar-refractivity contribution is -0.136. The lowest BCUT2D eigenvalue weighted by Crippen LogP contribution is -2.42. The summed E-state index contributed by atoms with van der Waals surface area (Å²) in [6.45, 7) is 4.65. The molecule has 1 aromatic rings. The highest BCUT2D eigenvalue weighted by atomic mass is 16.5. The number of nitrogens with one attached hydrogen (secondary N) is 1. The Kier molecular flexibility index (Phi) is 6.26. The van der Waals surface area contributed by atoms with Crippen LogP contribution in [0.4, 0.5) is 0 Å².